The van der Waals surface area contributed by atoms with Crippen molar-refractivity contribution in [3.8, 4) is 5.75 Å². The zero-order valence-electron chi connectivity index (χ0n) is 13.8. The van der Waals surface area contributed by atoms with Gasteiger partial charge in [-0.05, 0) is 12.1 Å². The van der Waals surface area contributed by atoms with Crippen LogP contribution in [-0.2, 0) is 23.1 Å². The summed E-state index contributed by atoms with van der Waals surface area (Å²) in [5, 5.41) is 0. The lowest BCUT2D eigenvalue weighted by Gasteiger charge is -2.24. The second kappa shape index (κ2) is 8.76. The monoisotopic (exact) mass is 368 g/mol. The predicted octanol–water partition coefficient (Wildman–Crippen LogP) is 3.93. The molecule has 2 aromatic carbocycles. The van der Waals surface area contributed by atoms with Crippen LogP contribution in [0.5, 0.6) is 5.75 Å². The molecule has 0 aliphatic rings. The molecule has 0 bridgehead atoms. The van der Waals surface area contributed by atoms with Crippen LogP contribution < -0.4 is 4.74 Å². The fraction of sp³-hybridized carbons (Fsp3) is 0.235. The number of hydrogen-bond donors (Lipinski definition) is 0. The molecule has 1 atom stereocenters. The maximum Gasteiger partial charge on any atom is 0.375 e. The first-order chi connectivity index (χ1) is 12.0. The molecule has 0 spiro atoms. The minimum absolute atomic E-state index is 0.0858. The summed E-state index contributed by atoms with van der Waals surface area (Å²) in [5.74, 6) is -2.79. The molecule has 0 heterocycles. The predicted molar refractivity (Wildman–Crippen MR) is 88.8 cm³/mol. The number of esters is 1. The molecule has 0 fully saturated rings. The lowest BCUT2D eigenvalue weighted by molar-refractivity contribution is -0.149. The third kappa shape index (κ3) is 4.89. The molecule has 2 rings (SSSR count). The van der Waals surface area contributed by atoms with E-state index in [-0.39, 0.29) is 5.75 Å². The van der Waals surface area contributed by atoms with Gasteiger partial charge in [-0.1, -0.05) is 42.5 Å². The molecule has 0 radical (unpaired) electrons. The van der Waals surface area contributed by atoms with Crippen molar-refractivity contribution in [2.75, 3.05) is 20.8 Å². The molecule has 0 aliphatic carbocycles. The van der Waals surface area contributed by atoms with E-state index < -0.39 is 31.8 Å². The first kappa shape index (κ1) is 19.1. The Morgan fingerprint density at radius 3 is 2.24 bits per heavy atom. The fourth-order valence-corrected chi connectivity index (χ4v) is 3.37. The van der Waals surface area contributed by atoms with Gasteiger partial charge in [-0.15, -0.1) is 0 Å². The third-order valence-corrected chi connectivity index (χ3v) is 5.30. The summed E-state index contributed by atoms with van der Waals surface area (Å²) in [7, 11) is -1.35. The normalized spacial score (nSPS) is 12.4. The number of ether oxygens (including phenoxy) is 2. The number of carbonyl (C=O) groups excluding carboxylic acids is 1. The molecule has 0 aromatic heterocycles. The van der Waals surface area contributed by atoms with Crippen molar-refractivity contribution in [1.29, 1.82) is 0 Å². The summed E-state index contributed by atoms with van der Waals surface area (Å²) in [6.45, 7) is -0.558. The highest BCUT2D eigenvalue weighted by molar-refractivity contribution is 7.54. The van der Waals surface area contributed by atoms with Crippen molar-refractivity contribution < 1.29 is 32.3 Å². The van der Waals surface area contributed by atoms with E-state index in [0.29, 0.717) is 5.56 Å². The molecule has 0 saturated carbocycles. The Bertz CT molecular complexity index is 744. The Labute approximate surface area is 145 Å². The van der Waals surface area contributed by atoms with E-state index in [2.05, 4.69) is 0 Å². The average molecular weight is 368 g/mol. The van der Waals surface area contributed by atoms with Crippen LogP contribution in [0, 0.1) is 5.82 Å². The van der Waals surface area contributed by atoms with Crippen LogP contribution in [0.25, 0.3) is 0 Å². The molecule has 6 nitrogen and oxygen atoms in total. The Balaban J connectivity index is 2.12. The van der Waals surface area contributed by atoms with Crippen LogP contribution >= 0.6 is 7.60 Å². The van der Waals surface area contributed by atoms with Crippen LogP contribution in [-0.4, -0.2) is 26.8 Å². The number of para-hydroxylation sites is 1. The van der Waals surface area contributed by atoms with Gasteiger partial charge in [0, 0.05) is 19.8 Å². The highest BCUT2D eigenvalue weighted by Crippen LogP contribution is 2.60. The number of hydrogen-bond acceptors (Lipinski definition) is 6. The highest BCUT2D eigenvalue weighted by atomic mass is 31.2. The van der Waals surface area contributed by atoms with E-state index in [9.17, 15) is 13.8 Å². The Morgan fingerprint density at radius 2 is 1.64 bits per heavy atom. The highest BCUT2D eigenvalue weighted by Gasteiger charge is 2.39. The van der Waals surface area contributed by atoms with E-state index in [4.69, 9.17) is 18.5 Å². The molecule has 0 amide bonds. The molecule has 0 N–H and O–H groups in total. The average Bonchev–Trinajstić information content (AvgIpc) is 2.65. The first-order valence-corrected chi connectivity index (χ1v) is 8.94. The van der Waals surface area contributed by atoms with Crippen LogP contribution in [0.1, 0.15) is 11.4 Å². The van der Waals surface area contributed by atoms with Gasteiger partial charge in [0.05, 0.1) is 0 Å². The molecule has 8 heteroatoms. The molecule has 0 aliphatic heterocycles. The minimum Gasteiger partial charge on any atom is -0.479 e. The first-order valence-electron chi connectivity index (χ1n) is 7.33. The van der Waals surface area contributed by atoms with Gasteiger partial charge in [0.25, 0.3) is 0 Å². The summed E-state index contributed by atoms with van der Waals surface area (Å²) < 4.78 is 46.4. The Morgan fingerprint density at radius 1 is 1.04 bits per heavy atom. The van der Waals surface area contributed by atoms with E-state index in [0.717, 1.165) is 0 Å². The van der Waals surface area contributed by atoms with Gasteiger partial charge >= 0.3 is 13.6 Å². The van der Waals surface area contributed by atoms with E-state index in [1.807, 2.05) is 0 Å². The van der Waals surface area contributed by atoms with Crippen LogP contribution in [0.4, 0.5) is 4.39 Å². The summed E-state index contributed by atoms with van der Waals surface area (Å²) in [6, 6.07) is 14.1. The van der Waals surface area contributed by atoms with Crippen molar-refractivity contribution >= 4 is 13.6 Å². The molecular weight excluding hydrogens is 350 g/mol. The standard InChI is InChI=1S/C17H18FO6P/c1-21-25(20,22-2)17(13-8-4-3-5-9-13)24-16(19)12-23-15-11-7-6-10-14(15)18/h3-11,17H,12H2,1-2H3. The smallest absolute Gasteiger partial charge is 0.375 e. The largest absolute Gasteiger partial charge is 0.479 e. The Hall–Kier alpha value is -2.21. The maximum atomic E-state index is 13.5. The second-order valence-corrected chi connectivity index (χ2v) is 7.16. The number of rotatable bonds is 8. The molecule has 2 aromatic rings. The summed E-state index contributed by atoms with van der Waals surface area (Å²) in [4.78, 5) is 12.1. The van der Waals surface area contributed by atoms with E-state index >= 15 is 0 Å². The van der Waals surface area contributed by atoms with Gasteiger partial charge in [-0.25, -0.2) is 9.18 Å². The van der Waals surface area contributed by atoms with Gasteiger partial charge in [0.1, 0.15) is 0 Å². The van der Waals surface area contributed by atoms with Gasteiger partial charge in [0.15, 0.2) is 18.2 Å². The topological polar surface area (TPSA) is 71.1 Å². The molecule has 1 unspecified atom stereocenters. The van der Waals surface area contributed by atoms with Gasteiger partial charge in [-0.2, -0.15) is 0 Å². The lowest BCUT2D eigenvalue weighted by Crippen LogP contribution is -2.19. The summed E-state index contributed by atoms with van der Waals surface area (Å²) in [6.07, 6.45) is 0. The zero-order valence-corrected chi connectivity index (χ0v) is 14.6. The SMILES string of the molecule is COP(=O)(OC)C(OC(=O)COc1ccccc1F)c1ccccc1. The number of carbonyl (C=O) groups is 1. The van der Waals surface area contributed by atoms with Gasteiger partial charge < -0.3 is 18.5 Å². The maximum absolute atomic E-state index is 13.5. The third-order valence-electron chi connectivity index (χ3n) is 3.31. The summed E-state index contributed by atoms with van der Waals surface area (Å²) >= 11 is 0. The van der Waals surface area contributed by atoms with Gasteiger partial charge in [0.2, 0.25) is 5.85 Å². The second-order valence-electron chi connectivity index (χ2n) is 4.88. The Kier molecular flexibility index (Phi) is 6.70. The molecular formula is C17H18FO6P. The van der Waals surface area contributed by atoms with Crippen molar-refractivity contribution in [2.24, 2.45) is 0 Å². The van der Waals surface area contributed by atoms with Crippen molar-refractivity contribution in [1.82, 2.24) is 0 Å². The quantitative estimate of drug-likeness (QED) is 0.519. The van der Waals surface area contributed by atoms with Crippen LogP contribution in [0.15, 0.2) is 54.6 Å². The van der Waals surface area contributed by atoms with E-state index in [1.54, 1.807) is 36.4 Å². The van der Waals surface area contributed by atoms with Crippen LogP contribution in [0.2, 0.25) is 0 Å². The minimum atomic E-state index is -3.74. The van der Waals surface area contributed by atoms with Crippen molar-refractivity contribution in [3.05, 3.63) is 66.0 Å². The van der Waals surface area contributed by atoms with E-state index in [1.165, 1.54) is 32.4 Å². The van der Waals surface area contributed by atoms with Crippen molar-refractivity contribution in [3.63, 3.8) is 0 Å². The zero-order chi connectivity index (χ0) is 18.3. The molecule has 134 valence electrons. The van der Waals surface area contributed by atoms with Crippen molar-refractivity contribution in [2.45, 2.75) is 5.85 Å². The van der Waals surface area contributed by atoms with Gasteiger partial charge in [-0.3, -0.25) is 4.57 Å². The molecule has 25 heavy (non-hydrogen) atoms. The number of halogens is 1. The number of benzene rings is 2. The summed E-state index contributed by atoms with van der Waals surface area (Å²) in [5.41, 5.74) is 0.439. The van der Waals surface area contributed by atoms with Crippen LogP contribution in [0.3, 0.4) is 0 Å². The lowest BCUT2D eigenvalue weighted by atomic mass is 10.2. The molecule has 0 saturated heterocycles. The fourth-order valence-electron chi connectivity index (χ4n) is 2.06.